The number of carbonyl (C=O) groups is 1. The number of pyridine rings is 1. The van der Waals surface area contributed by atoms with E-state index in [1.54, 1.807) is 18.2 Å². The van der Waals surface area contributed by atoms with Crippen molar-refractivity contribution in [2.24, 2.45) is 0 Å². The molecule has 0 aliphatic carbocycles. The molecule has 1 amide bonds. The molecular weight excluding hydrogens is 333 g/mol. The molecule has 0 radical (unpaired) electrons. The standard InChI is InChI=1S/C17H17Cl2N3O/c1-10-3-7-16(11(2)21-10)22-17(23)8-6-15(20)12-4-5-13(18)14(19)9-12/h3-5,7,9,20H,6,8H2,1-2H3,(H,22,23). The van der Waals surface area contributed by atoms with Gasteiger partial charge in [-0.15, -0.1) is 0 Å². The first-order chi connectivity index (χ1) is 10.9. The molecule has 0 aliphatic heterocycles. The largest absolute Gasteiger partial charge is 0.324 e. The molecule has 1 heterocycles. The van der Waals surface area contributed by atoms with Gasteiger partial charge in [-0.3, -0.25) is 9.78 Å². The van der Waals surface area contributed by atoms with E-state index >= 15 is 0 Å². The van der Waals surface area contributed by atoms with E-state index in [0.717, 1.165) is 11.4 Å². The Kier molecular flexibility index (Phi) is 5.74. The van der Waals surface area contributed by atoms with Crippen molar-refractivity contribution >= 4 is 40.5 Å². The Balaban J connectivity index is 1.93. The minimum Gasteiger partial charge on any atom is -0.324 e. The molecule has 0 spiro atoms. The van der Waals surface area contributed by atoms with Crippen LogP contribution in [0.25, 0.3) is 0 Å². The maximum absolute atomic E-state index is 12.0. The lowest BCUT2D eigenvalue weighted by atomic mass is 10.1. The number of hydrogen-bond acceptors (Lipinski definition) is 3. The predicted molar refractivity (Wildman–Crippen MR) is 94.9 cm³/mol. The molecule has 0 atom stereocenters. The second kappa shape index (κ2) is 7.57. The predicted octanol–water partition coefficient (Wildman–Crippen LogP) is 4.79. The third-order valence-electron chi connectivity index (χ3n) is 3.37. The molecule has 1 aromatic heterocycles. The number of amides is 1. The number of nitrogens with one attached hydrogen (secondary N) is 2. The second-order valence-corrected chi connectivity index (χ2v) is 6.06. The molecule has 0 saturated carbocycles. The van der Waals surface area contributed by atoms with Gasteiger partial charge in [0.1, 0.15) is 0 Å². The normalized spacial score (nSPS) is 10.4. The van der Waals surface area contributed by atoms with Crippen LogP contribution >= 0.6 is 23.2 Å². The van der Waals surface area contributed by atoms with Crippen LogP contribution in [0, 0.1) is 19.3 Å². The highest BCUT2D eigenvalue weighted by Crippen LogP contribution is 2.23. The van der Waals surface area contributed by atoms with E-state index in [0.29, 0.717) is 33.4 Å². The highest BCUT2D eigenvalue weighted by molar-refractivity contribution is 6.42. The van der Waals surface area contributed by atoms with Gasteiger partial charge in [-0.1, -0.05) is 29.3 Å². The topological polar surface area (TPSA) is 65.8 Å². The van der Waals surface area contributed by atoms with Crippen molar-refractivity contribution < 1.29 is 4.79 Å². The zero-order chi connectivity index (χ0) is 17.0. The van der Waals surface area contributed by atoms with Crippen molar-refractivity contribution in [2.45, 2.75) is 26.7 Å². The summed E-state index contributed by atoms with van der Waals surface area (Å²) in [7, 11) is 0. The van der Waals surface area contributed by atoms with E-state index in [2.05, 4.69) is 10.3 Å². The van der Waals surface area contributed by atoms with Crippen molar-refractivity contribution in [3.63, 3.8) is 0 Å². The number of benzene rings is 1. The number of aryl methyl sites for hydroxylation is 2. The zero-order valence-electron chi connectivity index (χ0n) is 12.9. The van der Waals surface area contributed by atoms with Gasteiger partial charge < -0.3 is 10.7 Å². The van der Waals surface area contributed by atoms with Gasteiger partial charge in [-0.05, 0) is 50.1 Å². The van der Waals surface area contributed by atoms with Crippen molar-refractivity contribution in [1.82, 2.24) is 4.98 Å². The number of rotatable bonds is 5. The summed E-state index contributed by atoms with van der Waals surface area (Å²) in [4.78, 5) is 16.3. The van der Waals surface area contributed by atoms with Crippen LogP contribution in [0.15, 0.2) is 30.3 Å². The number of carbonyl (C=O) groups excluding carboxylic acids is 1. The molecule has 0 fully saturated rings. The first-order valence-electron chi connectivity index (χ1n) is 7.14. The average Bonchev–Trinajstić information content (AvgIpc) is 2.50. The third kappa shape index (κ3) is 4.78. The van der Waals surface area contributed by atoms with Gasteiger partial charge in [0, 0.05) is 17.8 Å². The van der Waals surface area contributed by atoms with Crippen molar-refractivity contribution in [2.75, 3.05) is 5.32 Å². The van der Waals surface area contributed by atoms with Gasteiger partial charge in [0.25, 0.3) is 0 Å². The van der Waals surface area contributed by atoms with Crippen molar-refractivity contribution in [3.05, 3.63) is 57.3 Å². The Morgan fingerprint density at radius 1 is 1.13 bits per heavy atom. The van der Waals surface area contributed by atoms with Crippen LogP contribution in [0.5, 0.6) is 0 Å². The number of nitrogens with zero attached hydrogens (tertiary/aromatic N) is 1. The van der Waals surface area contributed by atoms with E-state index in [9.17, 15) is 4.79 Å². The Labute approximate surface area is 145 Å². The summed E-state index contributed by atoms with van der Waals surface area (Å²) in [5.41, 5.74) is 3.39. The van der Waals surface area contributed by atoms with Crippen LogP contribution in [-0.2, 0) is 4.79 Å². The lowest BCUT2D eigenvalue weighted by molar-refractivity contribution is -0.116. The molecule has 2 aromatic rings. The van der Waals surface area contributed by atoms with Gasteiger partial charge in [0.05, 0.1) is 21.4 Å². The van der Waals surface area contributed by atoms with Crippen LogP contribution in [0.2, 0.25) is 10.0 Å². The van der Waals surface area contributed by atoms with Crippen LogP contribution in [-0.4, -0.2) is 16.6 Å². The lowest BCUT2D eigenvalue weighted by Gasteiger charge is -2.09. The van der Waals surface area contributed by atoms with Crippen molar-refractivity contribution in [3.8, 4) is 0 Å². The Morgan fingerprint density at radius 3 is 2.52 bits per heavy atom. The summed E-state index contributed by atoms with van der Waals surface area (Å²) < 4.78 is 0. The summed E-state index contributed by atoms with van der Waals surface area (Å²) in [6, 6.07) is 8.69. The van der Waals surface area contributed by atoms with E-state index in [4.69, 9.17) is 28.6 Å². The molecule has 120 valence electrons. The minimum atomic E-state index is -0.149. The maximum Gasteiger partial charge on any atom is 0.224 e. The summed E-state index contributed by atoms with van der Waals surface area (Å²) in [6.45, 7) is 3.75. The molecule has 6 heteroatoms. The van der Waals surface area contributed by atoms with Gasteiger partial charge in [0.2, 0.25) is 5.91 Å². The lowest BCUT2D eigenvalue weighted by Crippen LogP contribution is -2.14. The van der Waals surface area contributed by atoms with Gasteiger partial charge in [0.15, 0.2) is 0 Å². The monoisotopic (exact) mass is 349 g/mol. The molecule has 2 rings (SSSR count). The SMILES string of the molecule is Cc1ccc(NC(=O)CCC(=N)c2ccc(Cl)c(Cl)c2)c(C)n1. The fraction of sp³-hybridized carbons (Fsp3) is 0.235. The average molecular weight is 350 g/mol. The molecule has 0 aliphatic rings. The molecule has 0 bridgehead atoms. The minimum absolute atomic E-state index is 0.149. The van der Waals surface area contributed by atoms with Gasteiger partial charge >= 0.3 is 0 Å². The molecule has 2 N–H and O–H groups in total. The third-order valence-corrected chi connectivity index (χ3v) is 4.11. The molecule has 1 aromatic carbocycles. The first-order valence-corrected chi connectivity index (χ1v) is 7.89. The molecule has 23 heavy (non-hydrogen) atoms. The quantitative estimate of drug-likeness (QED) is 0.761. The van der Waals surface area contributed by atoms with Crippen LogP contribution in [0.4, 0.5) is 5.69 Å². The summed E-state index contributed by atoms with van der Waals surface area (Å²) in [5.74, 6) is -0.149. The van der Waals surface area contributed by atoms with Gasteiger partial charge in [-0.25, -0.2) is 0 Å². The van der Waals surface area contributed by atoms with E-state index in [1.807, 2.05) is 26.0 Å². The molecule has 4 nitrogen and oxygen atoms in total. The fourth-order valence-corrected chi connectivity index (χ4v) is 2.40. The smallest absolute Gasteiger partial charge is 0.224 e. The van der Waals surface area contributed by atoms with Crippen LogP contribution in [0.3, 0.4) is 0 Å². The first kappa shape index (κ1) is 17.4. The number of aromatic nitrogens is 1. The summed E-state index contributed by atoms with van der Waals surface area (Å²) in [6.07, 6.45) is 0.536. The number of hydrogen-bond donors (Lipinski definition) is 2. The van der Waals surface area contributed by atoms with E-state index in [-0.39, 0.29) is 12.3 Å². The Morgan fingerprint density at radius 2 is 1.87 bits per heavy atom. The van der Waals surface area contributed by atoms with Crippen LogP contribution < -0.4 is 5.32 Å². The van der Waals surface area contributed by atoms with E-state index < -0.39 is 0 Å². The fourth-order valence-electron chi connectivity index (χ4n) is 2.10. The summed E-state index contributed by atoms with van der Waals surface area (Å²) in [5, 5.41) is 11.7. The highest BCUT2D eigenvalue weighted by atomic mass is 35.5. The van der Waals surface area contributed by atoms with Gasteiger partial charge in [-0.2, -0.15) is 0 Å². The van der Waals surface area contributed by atoms with E-state index in [1.165, 1.54) is 0 Å². The number of halogens is 2. The summed E-state index contributed by atoms with van der Waals surface area (Å²) >= 11 is 11.8. The van der Waals surface area contributed by atoms with Crippen molar-refractivity contribution in [1.29, 1.82) is 5.41 Å². The van der Waals surface area contributed by atoms with Crippen LogP contribution in [0.1, 0.15) is 29.8 Å². The zero-order valence-corrected chi connectivity index (χ0v) is 14.4. The second-order valence-electron chi connectivity index (χ2n) is 5.24. The molecule has 0 saturated heterocycles. The maximum atomic E-state index is 12.0. The Hall–Kier alpha value is -1.91. The molecule has 0 unspecified atom stereocenters. The Bertz CT molecular complexity index is 759. The number of anilines is 1. The highest BCUT2D eigenvalue weighted by Gasteiger charge is 2.10. The molecular formula is C17H17Cl2N3O.